The van der Waals surface area contributed by atoms with Crippen molar-refractivity contribution in [2.24, 2.45) is 23.2 Å². The van der Waals surface area contributed by atoms with Crippen LogP contribution in [-0.4, -0.2) is 24.0 Å². The third-order valence-corrected chi connectivity index (χ3v) is 5.78. The van der Waals surface area contributed by atoms with E-state index in [0.717, 1.165) is 0 Å². The average molecular weight is 232 g/mol. The minimum atomic E-state index is -4.23. The van der Waals surface area contributed by atoms with E-state index in [1.54, 1.807) is 0 Å². The van der Waals surface area contributed by atoms with E-state index in [1.807, 2.05) is 20.8 Å². The molecule has 0 radical (unpaired) electrons. The van der Waals surface area contributed by atoms with Gasteiger partial charge in [0, 0.05) is 5.92 Å². The SMILES string of the molecule is C[C@@H]1[C@@H]2C[C@@H]([C@H](S(=O)(=O)O)C2=O)C1(C)C. The van der Waals surface area contributed by atoms with Crippen LogP contribution in [-0.2, 0) is 14.9 Å². The molecule has 0 spiro atoms. The molecule has 4 atom stereocenters. The summed E-state index contributed by atoms with van der Waals surface area (Å²) in [5.41, 5.74) is -0.182. The van der Waals surface area contributed by atoms with Crippen LogP contribution >= 0.6 is 0 Å². The highest BCUT2D eigenvalue weighted by molar-refractivity contribution is 7.87. The molecular weight excluding hydrogens is 216 g/mol. The summed E-state index contributed by atoms with van der Waals surface area (Å²) >= 11 is 0. The Balaban J connectivity index is 2.46. The van der Waals surface area contributed by atoms with Gasteiger partial charge in [0.2, 0.25) is 0 Å². The minimum Gasteiger partial charge on any atom is -0.298 e. The van der Waals surface area contributed by atoms with Crippen LogP contribution in [0.3, 0.4) is 0 Å². The largest absolute Gasteiger partial charge is 0.298 e. The van der Waals surface area contributed by atoms with Crippen molar-refractivity contribution in [2.45, 2.75) is 32.4 Å². The maximum absolute atomic E-state index is 11.8. The van der Waals surface area contributed by atoms with Gasteiger partial charge in [-0.1, -0.05) is 20.8 Å². The van der Waals surface area contributed by atoms with Crippen molar-refractivity contribution in [3.8, 4) is 0 Å². The van der Waals surface area contributed by atoms with Crippen LogP contribution < -0.4 is 0 Å². The zero-order valence-corrected chi connectivity index (χ0v) is 9.91. The number of ketones is 1. The summed E-state index contributed by atoms with van der Waals surface area (Å²) in [7, 11) is -4.23. The quantitative estimate of drug-likeness (QED) is 0.688. The summed E-state index contributed by atoms with van der Waals surface area (Å²) in [4.78, 5) is 11.8. The van der Waals surface area contributed by atoms with E-state index < -0.39 is 15.4 Å². The lowest BCUT2D eigenvalue weighted by atomic mass is 9.69. The van der Waals surface area contributed by atoms with Crippen molar-refractivity contribution in [1.29, 1.82) is 0 Å². The van der Waals surface area contributed by atoms with Crippen LogP contribution in [0.2, 0.25) is 0 Å². The lowest BCUT2D eigenvalue weighted by Gasteiger charge is -2.38. The molecule has 2 rings (SSSR count). The van der Waals surface area contributed by atoms with Crippen molar-refractivity contribution in [1.82, 2.24) is 0 Å². The second-order valence-corrected chi connectivity index (χ2v) is 6.93. The second kappa shape index (κ2) is 2.83. The Morgan fingerprint density at radius 2 is 1.93 bits per heavy atom. The molecule has 15 heavy (non-hydrogen) atoms. The van der Waals surface area contributed by atoms with Gasteiger partial charge in [-0.15, -0.1) is 0 Å². The Labute approximate surface area is 89.8 Å². The van der Waals surface area contributed by atoms with Crippen molar-refractivity contribution in [3.05, 3.63) is 0 Å². The summed E-state index contributed by atoms with van der Waals surface area (Å²) in [6.45, 7) is 5.95. The predicted molar refractivity (Wildman–Crippen MR) is 54.9 cm³/mol. The highest BCUT2D eigenvalue weighted by Crippen LogP contribution is 2.58. The van der Waals surface area contributed by atoms with Gasteiger partial charge in [0.15, 0.2) is 5.78 Å². The molecule has 2 saturated carbocycles. The lowest BCUT2D eigenvalue weighted by Crippen LogP contribution is -2.46. The Kier molecular flexibility index (Phi) is 2.09. The highest BCUT2D eigenvalue weighted by atomic mass is 32.2. The van der Waals surface area contributed by atoms with E-state index >= 15 is 0 Å². The van der Waals surface area contributed by atoms with E-state index in [2.05, 4.69) is 0 Å². The summed E-state index contributed by atoms with van der Waals surface area (Å²) < 4.78 is 31.4. The van der Waals surface area contributed by atoms with Gasteiger partial charge in [0.25, 0.3) is 10.1 Å². The maximum Gasteiger partial charge on any atom is 0.275 e. The van der Waals surface area contributed by atoms with Gasteiger partial charge in [-0.25, -0.2) is 0 Å². The monoisotopic (exact) mass is 232 g/mol. The fourth-order valence-electron chi connectivity index (χ4n) is 3.28. The molecule has 86 valence electrons. The van der Waals surface area contributed by atoms with Crippen LogP contribution in [0.1, 0.15) is 27.2 Å². The minimum absolute atomic E-state index is 0.182. The standard InChI is InChI=1S/C10H16O4S/c1-5-6-4-7(10(5,2)3)9(8(6)11)15(12,13)14/h5-7,9H,4H2,1-3H3,(H,12,13,14)/t5-,6+,7+,9+/m1/s1. The molecule has 0 aromatic heterocycles. The van der Waals surface area contributed by atoms with Gasteiger partial charge in [0.05, 0.1) is 0 Å². The van der Waals surface area contributed by atoms with Crippen LogP contribution in [0.4, 0.5) is 0 Å². The Bertz CT molecular complexity index is 409. The van der Waals surface area contributed by atoms with E-state index in [4.69, 9.17) is 4.55 Å². The van der Waals surface area contributed by atoms with E-state index in [0.29, 0.717) is 6.42 Å². The van der Waals surface area contributed by atoms with E-state index in [1.165, 1.54) is 0 Å². The van der Waals surface area contributed by atoms with Crippen LogP contribution in [0.15, 0.2) is 0 Å². The first-order chi connectivity index (χ1) is 6.67. The number of hydrogen-bond acceptors (Lipinski definition) is 3. The summed E-state index contributed by atoms with van der Waals surface area (Å²) in [6, 6.07) is 0. The van der Waals surface area contributed by atoms with Gasteiger partial charge >= 0.3 is 0 Å². The Morgan fingerprint density at radius 3 is 2.33 bits per heavy atom. The molecule has 0 amide bonds. The van der Waals surface area contributed by atoms with Crippen LogP contribution in [0, 0.1) is 23.2 Å². The third-order valence-electron chi connectivity index (χ3n) is 4.57. The summed E-state index contributed by atoms with van der Waals surface area (Å²) in [5.74, 6) is -0.487. The Morgan fingerprint density at radius 1 is 1.40 bits per heavy atom. The molecule has 2 bridgehead atoms. The molecule has 5 heteroatoms. The zero-order valence-electron chi connectivity index (χ0n) is 9.10. The number of Topliss-reactive ketones (excluding diaryl/α,β-unsaturated/α-hetero) is 1. The molecular formula is C10H16O4S. The average Bonchev–Trinajstić information content (AvgIpc) is 2.48. The van der Waals surface area contributed by atoms with Gasteiger partial charge in [-0.2, -0.15) is 8.42 Å². The normalized spacial score (nSPS) is 43.6. The molecule has 0 unspecified atom stereocenters. The summed E-state index contributed by atoms with van der Waals surface area (Å²) in [6.07, 6.45) is 0.609. The maximum atomic E-state index is 11.8. The van der Waals surface area contributed by atoms with Gasteiger partial charge in [-0.3, -0.25) is 9.35 Å². The first-order valence-electron chi connectivity index (χ1n) is 5.17. The van der Waals surface area contributed by atoms with E-state index in [-0.39, 0.29) is 29.0 Å². The molecule has 2 aliphatic rings. The molecule has 0 heterocycles. The number of fused-ring (bicyclic) bond motifs is 2. The smallest absolute Gasteiger partial charge is 0.275 e. The third kappa shape index (κ3) is 1.29. The predicted octanol–water partition coefficient (Wildman–Crippen LogP) is 1.12. The fraction of sp³-hybridized carbons (Fsp3) is 0.900. The number of rotatable bonds is 1. The van der Waals surface area contributed by atoms with Crippen LogP contribution in [0.5, 0.6) is 0 Å². The van der Waals surface area contributed by atoms with Gasteiger partial charge < -0.3 is 0 Å². The number of hydrogen-bond donors (Lipinski definition) is 1. The number of carbonyl (C=O) groups is 1. The molecule has 2 fully saturated rings. The molecule has 4 nitrogen and oxygen atoms in total. The van der Waals surface area contributed by atoms with Crippen molar-refractivity contribution in [3.63, 3.8) is 0 Å². The first kappa shape index (κ1) is 11.1. The molecule has 0 saturated heterocycles. The van der Waals surface area contributed by atoms with Crippen LogP contribution in [0.25, 0.3) is 0 Å². The first-order valence-corrected chi connectivity index (χ1v) is 6.67. The van der Waals surface area contributed by atoms with Crippen molar-refractivity contribution < 1.29 is 17.8 Å². The fourth-order valence-corrected chi connectivity index (χ4v) is 4.62. The van der Waals surface area contributed by atoms with E-state index in [9.17, 15) is 13.2 Å². The highest BCUT2D eigenvalue weighted by Gasteiger charge is 2.63. The molecule has 0 aliphatic heterocycles. The summed E-state index contributed by atoms with van der Waals surface area (Å²) in [5, 5.41) is -1.17. The Hall–Kier alpha value is -0.420. The lowest BCUT2D eigenvalue weighted by molar-refractivity contribution is -0.125. The molecule has 1 N–H and O–H groups in total. The molecule has 2 aliphatic carbocycles. The molecule has 0 aromatic rings. The van der Waals surface area contributed by atoms with Gasteiger partial charge in [0.1, 0.15) is 5.25 Å². The topological polar surface area (TPSA) is 71.4 Å². The second-order valence-electron chi connectivity index (χ2n) is 5.40. The molecule has 0 aromatic carbocycles. The van der Waals surface area contributed by atoms with Gasteiger partial charge in [-0.05, 0) is 23.7 Å². The number of carbonyl (C=O) groups excluding carboxylic acids is 1. The van der Waals surface area contributed by atoms with Crippen molar-refractivity contribution in [2.75, 3.05) is 0 Å². The zero-order chi connectivity index (χ0) is 11.6. The van der Waals surface area contributed by atoms with Crippen molar-refractivity contribution >= 4 is 15.9 Å².